The molecule has 0 aliphatic heterocycles. The zero-order valence-electron chi connectivity index (χ0n) is 14.9. The minimum atomic E-state index is -0.955. The second kappa shape index (κ2) is 7.87. The molecular formula is C19H25NO5. The lowest BCUT2D eigenvalue weighted by Gasteiger charge is -2.19. The maximum atomic E-state index is 12.4. The van der Waals surface area contributed by atoms with Gasteiger partial charge in [0.05, 0.1) is 12.3 Å². The van der Waals surface area contributed by atoms with Gasteiger partial charge in [-0.05, 0) is 67.7 Å². The highest BCUT2D eigenvalue weighted by Gasteiger charge is 2.26. The van der Waals surface area contributed by atoms with Crippen LogP contribution in [0.15, 0.2) is 6.07 Å². The first-order chi connectivity index (χ1) is 12.1. The Bertz CT molecular complexity index is 638. The number of methoxy groups -OCH3 is 1. The molecule has 1 aromatic carbocycles. The number of ether oxygens (including phenoxy) is 3. The van der Waals surface area contributed by atoms with E-state index in [1.54, 1.807) is 6.92 Å². The summed E-state index contributed by atoms with van der Waals surface area (Å²) in [5, 5.41) is 2.92. The van der Waals surface area contributed by atoms with E-state index in [4.69, 9.17) is 14.2 Å². The molecule has 0 bridgehead atoms. The number of carbonyl (C=O) groups is 2. The normalized spacial score (nSPS) is 16.1. The van der Waals surface area contributed by atoms with Gasteiger partial charge in [0.25, 0.3) is 0 Å². The van der Waals surface area contributed by atoms with Crippen molar-refractivity contribution in [3.05, 3.63) is 28.3 Å². The number of hydrogen-bond donors (Lipinski definition) is 1. The summed E-state index contributed by atoms with van der Waals surface area (Å²) >= 11 is 0. The third kappa shape index (κ3) is 3.95. The van der Waals surface area contributed by atoms with Gasteiger partial charge in [0, 0.05) is 7.11 Å². The molecule has 136 valence electrons. The molecule has 2 aliphatic carbocycles. The lowest BCUT2D eigenvalue weighted by atomic mass is 9.99. The van der Waals surface area contributed by atoms with Crippen molar-refractivity contribution in [1.82, 2.24) is 0 Å². The summed E-state index contributed by atoms with van der Waals surface area (Å²) in [4.78, 5) is 23.9. The minimum Gasteiger partial charge on any atom is -0.466 e. The van der Waals surface area contributed by atoms with E-state index in [1.807, 2.05) is 0 Å². The van der Waals surface area contributed by atoms with Crippen LogP contribution in [0, 0.1) is 0 Å². The van der Waals surface area contributed by atoms with Crippen LogP contribution in [0.2, 0.25) is 0 Å². The molecule has 2 aliphatic rings. The molecule has 0 heterocycles. The van der Waals surface area contributed by atoms with E-state index in [0.717, 1.165) is 44.2 Å². The lowest BCUT2D eigenvalue weighted by Crippen LogP contribution is -2.27. The molecular weight excluding hydrogens is 322 g/mol. The van der Waals surface area contributed by atoms with E-state index in [1.165, 1.54) is 29.4 Å². The number of rotatable bonds is 6. The van der Waals surface area contributed by atoms with Crippen LogP contribution in [0.5, 0.6) is 0 Å². The molecule has 0 spiro atoms. The number of anilines is 1. The monoisotopic (exact) mass is 347 g/mol. The van der Waals surface area contributed by atoms with Gasteiger partial charge in [-0.1, -0.05) is 6.07 Å². The number of hydrogen-bond acceptors (Lipinski definition) is 5. The largest absolute Gasteiger partial charge is 0.466 e. The molecule has 6 nitrogen and oxygen atoms in total. The van der Waals surface area contributed by atoms with Crippen molar-refractivity contribution in [2.75, 3.05) is 19.0 Å². The van der Waals surface area contributed by atoms with Crippen LogP contribution in [0.1, 0.15) is 48.4 Å². The number of carbonyl (C=O) groups excluding carboxylic acids is 2. The summed E-state index contributed by atoms with van der Waals surface area (Å²) in [7, 11) is 1.40. The van der Waals surface area contributed by atoms with Gasteiger partial charge in [-0.3, -0.25) is 10.1 Å². The average Bonchev–Trinajstić information content (AvgIpc) is 3.23. The SMILES string of the molecule is CCOC(=O)CC(OC)OC(=O)Nc1c2c(cc3c1CCC3)CCC2. The first-order valence-electron chi connectivity index (χ1n) is 8.95. The van der Waals surface area contributed by atoms with E-state index in [2.05, 4.69) is 11.4 Å². The van der Waals surface area contributed by atoms with Gasteiger partial charge >= 0.3 is 12.1 Å². The van der Waals surface area contributed by atoms with Crippen molar-refractivity contribution in [3.63, 3.8) is 0 Å². The molecule has 0 radical (unpaired) electrons. The van der Waals surface area contributed by atoms with Gasteiger partial charge in [-0.25, -0.2) is 4.79 Å². The fourth-order valence-corrected chi connectivity index (χ4v) is 3.75. The predicted octanol–water partition coefficient (Wildman–Crippen LogP) is 3.14. The number of esters is 1. The fourth-order valence-electron chi connectivity index (χ4n) is 3.75. The van der Waals surface area contributed by atoms with Gasteiger partial charge in [-0.15, -0.1) is 0 Å². The molecule has 1 amide bonds. The number of nitrogens with one attached hydrogen (secondary N) is 1. The molecule has 1 N–H and O–H groups in total. The maximum Gasteiger partial charge on any atom is 0.413 e. The van der Waals surface area contributed by atoms with Gasteiger partial charge in [0.1, 0.15) is 6.42 Å². The van der Waals surface area contributed by atoms with Gasteiger partial charge in [-0.2, -0.15) is 0 Å². The van der Waals surface area contributed by atoms with Crippen LogP contribution in [-0.2, 0) is 44.7 Å². The zero-order chi connectivity index (χ0) is 17.8. The maximum absolute atomic E-state index is 12.4. The van der Waals surface area contributed by atoms with Crippen LogP contribution >= 0.6 is 0 Å². The summed E-state index contributed by atoms with van der Waals surface area (Å²) < 4.78 is 15.2. The standard InChI is InChI=1S/C19H25NO5/c1-3-24-16(21)11-17(23-2)25-19(22)20-18-14-8-4-6-12(14)10-13-7-5-9-15(13)18/h10,17H,3-9,11H2,1-2H3,(H,20,22). The van der Waals surface area contributed by atoms with Gasteiger partial charge in [0.15, 0.2) is 0 Å². The summed E-state index contributed by atoms with van der Waals surface area (Å²) in [5.74, 6) is -0.455. The molecule has 0 aromatic heterocycles. The van der Waals surface area contributed by atoms with Crippen LogP contribution < -0.4 is 5.32 Å². The lowest BCUT2D eigenvalue weighted by molar-refractivity contribution is -0.154. The summed E-state index contributed by atoms with van der Waals surface area (Å²) in [5.41, 5.74) is 6.06. The molecule has 0 saturated carbocycles. The number of aryl methyl sites for hydroxylation is 2. The Morgan fingerprint density at radius 1 is 1.12 bits per heavy atom. The van der Waals surface area contributed by atoms with Gasteiger partial charge in [0.2, 0.25) is 6.29 Å². The van der Waals surface area contributed by atoms with E-state index in [0.29, 0.717) is 0 Å². The highest BCUT2D eigenvalue weighted by Crippen LogP contribution is 2.38. The van der Waals surface area contributed by atoms with Crippen LogP contribution in [0.3, 0.4) is 0 Å². The van der Waals surface area contributed by atoms with E-state index in [9.17, 15) is 9.59 Å². The van der Waals surface area contributed by atoms with E-state index < -0.39 is 18.4 Å². The van der Waals surface area contributed by atoms with Crippen LogP contribution in [0.25, 0.3) is 0 Å². The predicted molar refractivity (Wildman–Crippen MR) is 92.6 cm³/mol. The fraction of sp³-hybridized carbons (Fsp3) is 0.579. The molecule has 1 atom stereocenters. The molecule has 25 heavy (non-hydrogen) atoms. The number of fused-ring (bicyclic) bond motifs is 2. The minimum absolute atomic E-state index is 0.122. The van der Waals surface area contributed by atoms with Crippen molar-refractivity contribution < 1.29 is 23.8 Å². The van der Waals surface area contributed by atoms with Crippen LogP contribution in [0.4, 0.5) is 10.5 Å². The Morgan fingerprint density at radius 3 is 2.32 bits per heavy atom. The van der Waals surface area contributed by atoms with Gasteiger partial charge < -0.3 is 14.2 Å². The second-order valence-electron chi connectivity index (χ2n) is 6.44. The summed E-state index contributed by atoms with van der Waals surface area (Å²) in [6.07, 6.45) is 4.66. The molecule has 3 rings (SSSR count). The number of amides is 1. The summed E-state index contributed by atoms with van der Waals surface area (Å²) in [6.45, 7) is 2.01. The van der Waals surface area contributed by atoms with E-state index in [-0.39, 0.29) is 13.0 Å². The Balaban J connectivity index is 1.70. The smallest absolute Gasteiger partial charge is 0.413 e. The molecule has 0 fully saturated rings. The first-order valence-corrected chi connectivity index (χ1v) is 8.95. The quantitative estimate of drug-likeness (QED) is 0.632. The number of benzene rings is 1. The third-order valence-electron chi connectivity index (χ3n) is 4.84. The second-order valence-corrected chi connectivity index (χ2v) is 6.44. The highest BCUT2D eigenvalue weighted by atomic mass is 16.7. The van der Waals surface area contributed by atoms with Crippen molar-refractivity contribution in [2.45, 2.75) is 58.2 Å². The molecule has 1 unspecified atom stereocenters. The Kier molecular flexibility index (Phi) is 5.58. The third-order valence-corrected chi connectivity index (χ3v) is 4.84. The van der Waals surface area contributed by atoms with Crippen molar-refractivity contribution in [2.24, 2.45) is 0 Å². The summed E-state index contributed by atoms with van der Waals surface area (Å²) in [6, 6.07) is 2.31. The molecule has 0 saturated heterocycles. The Morgan fingerprint density at radius 2 is 1.76 bits per heavy atom. The van der Waals surface area contributed by atoms with Crippen molar-refractivity contribution in [1.29, 1.82) is 0 Å². The van der Waals surface area contributed by atoms with E-state index >= 15 is 0 Å². The zero-order valence-corrected chi connectivity index (χ0v) is 14.9. The average molecular weight is 347 g/mol. The topological polar surface area (TPSA) is 73.9 Å². The van der Waals surface area contributed by atoms with Crippen LogP contribution in [-0.4, -0.2) is 32.1 Å². The Hall–Kier alpha value is -2.08. The van der Waals surface area contributed by atoms with Crippen molar-refractivity contribution in [3.8, 4) is 0 Å². The highest BCUT2D eigenvalue weighted by molar-refractivity contribution is 5.88. The molecule has 6 heteroatoms. The molecule has 1 aromatic rings. The first kappa shape index (κ1) is 17.7. The van der Waals surface area contributed by atoms with Crippen molar-refractivity contribution >= 4 is 17.7 Å². The Labute approximate surface area is 147 Å².